The van der Waals surface area contributed by atoms with Crippen LogP contribution in [-0.2, 0) is 16.1 Å². The summed E-state index contributed by atoms with van der Waals surface area (Å²) in [5.74, 6) is -0.152. The molecule has 118 valence electrons. The Morgan fingerprint density at radius 2 is 2.45 bits per heavy atom. The van der Waals surface area contributed by atoms with Crippen LogP contribution in [0.25, 0.3) is 6.08 Å². The van der Waals surface area contributed by atoms with E-state index in [0.29, 0.717) is 34.6 Å². The zero-order valence-corrected chi connectivity index (χ0v) is 13.8. The molecule has 0 bridgehead atoms. The normalized spacial score (nSPS) is 23.6. The van der Waals surface area contributed by atoms with Crippen LogP contribution < -0.4 is 5.32 Å². The Kier molecular flexibility index (Phi) is 4.46. The molecule has 3 heterocycles. The van der Waals surface area contributed by atoms with E-state index in [0.717, 1.165) is 19.4 Å². The maximum Gasteiger partial charge on any atom is 0.276 e. The molecule has 6 nitrogen and oxygen atoms in total. The highest BCUT2D eigenvalue weighted by molar-refractivity contribution is 7.80. The Morgan fingerprint density at radius 3 is 3.14 bits per heavy atom. The molecule has 2 fully saturated rings. The van der Waals surface area contributed by atoms with Gasteiger partial charge in [-0.15, -0.1) is 0 Å². The van der Waals surface area contributed by atoms with Crippen molar-refractivity contribution in [2.75, 3.05) is 13.2 Å². The summed E-state index contributed by atoms with van der Waals surface area (Å²) in [5, 5.41) is 8.03. The van der Waals surface area contributed by atoms with Crippen molar-refractivity contribution in [2.45, 2.75) is 32.4 Å². The number of carbonyl (C=O) groups is 1. The minimum absolute atomic E-state index is 0.0628. The third-order valence-corrected chi connectivity index (χ3v) is 4.40. The SMILES string of the molecule is CCn1ncc(Cl)c1/C=C1/NC(=S)N(CC2CCCO2)C1=O. The molecular weight excluding hydrogens is 324 g/mol. The summed E-state index contributed by atoms with van der Waals surface area (Å²) in [6.07, 6.45) is 5.32. The van der Waals surface area contributed by atoms with Gasteiger partial charge in [-0.25, -0.2) is 0 Å². The average molecular weight is 341 g/mol. The van der Waals surface area contributed by atoms with Crippen LogP contribution in [-0.4, -0.2) is 45.0 Å². The van der Waals surface area contributed by atoms with Crippen molar-refractivity contribution in [3.63, 3.8) is 0 Å². The number of rotatable bonds is 4. The van der Waals surface area contributed by atoms with Crippen LogP contribution in [0.4, 0.5) is 0 Å². The van der Waals surface area contributed by atoms with Crippen molar-refractivity contribution in [2.24, 2.45) is 0 Å². The number of thiocarbonyl (C=S) groups is 1. The minimum atomic E-state index is -0.152. The van der Waals surface area contributed by atoms with Crippen LogP contribution in [0.5, 0.6) is 0 Å². The number of aryl methyl sites for hydroxylation is 1. The molecule has 0 saturated carbocycles. The monoisotopic (exact) mass is 340 g/mol. The average Bonchev–Trinajstić information content (AvgIpc) is 3.19. The van der Waals surface area contributed by atoms with Crippen LogP contribution in [0.3, 0.4) is 0 Å². The van der Waals surface area contributed by atoms with Gasteiger partial charge in [-0.1, -0.05) is 11.6 Å². The van der Waals surface area contributed by atoms with Crippen molar-refractivity contribution in [1.29, 1.82) is 0 Å². The second kappa shape index (κ2) is 6.36. The van der Waals surface area contributed by atoms with E-state index in [9.17, 15) is 4.79 Å². The van der Waals surface area contributed by atoms with Crippen LogP contribution in [0.1, 0.15) is 25.5 Å². The van der Waals surface area contributed by atoms with E-state index in [4.69, 9.17) is 28.6 Å². The van der Waals surface area contributed by atoms with Crippen molar-refractivity contribution in [3.05, 3.63) is 22.6 Å². The Labute approximate surface area is 139 Å². The Morgan fingerprint density at radius 1 is 1.64 bits per heavy atom. The lowest BCUT2D eigenvalue weighted by Crippen LogP contribution is -2.37. The van der Waals surface area contributed by atoms with Crippen LogP contribution in [0.2, 0.25) is 5.02 Å². The topological polar surface area (TPSA) is 59.4 Å². The Bertz CT molecular complexity index is 637. The summed E-state index contributed by atoms with van der Waals surface area (Å²) in [6, 6.07) is 0. The van der Waals surface area contributed by atoms with Gasteiger partial charge in [0.2, 0.25) is 0 Å². The van der Waals surface area contributed by atoms with E-state index in [1.54, 1.807) is 21.9 Å². The van der Waals surface area contributed by atoms with Crippen molar-refractivity contribution in [3.8, 4) is 0 Å². The number of nitrogens with one attached hydrogen (secondary N) is 1. The predicted octanol–water partition coefficient (Wildman–Crippen LogP) is 1.79. The van der Waals surface area contributed by atoms with Gasteiger partial charge in [0.1, 0.15) is 5.70 Å². The number of amides is 1. The molecule has 0 spiro atoms. The third-order valence-electron chi connectivity index (χ3n) is 3.79. The molecular formula is C14H17ClN4O2S. The van der Waals surface area contributed by atoms with Crippen molar-refractivity contribution in [1.82, 2.24) is 20.0 Å². The molecule has 1 aromatic heterocycles. The number of hydrogen-bond acceptors (Lipinski definition) is 4. The van der Waals surface area contributed by atoms with Crippen LogP contribution in [0, 0.1) is 0 Å². The standard InChI is InChI=1S/C14H17ClN4O2S/c1-2-19-12(10(15)7-16-19)6-11-13(20)18(14(22)17-11)8-9-4-3-5-21-9/h6-7,9H,2-5,8H2,1H3,(H,17,22)/b11-6+. The zero-order chi connectivity index (χ0) is 15.7. The number of ether oxygens (including phenoxy) is 1. The number of carbonyl (C=O) groups excluding carboxylic acids is 1. The molecule has 2 saturated heterocycles. The van der Waals surface area contributed by atoms with Gasteiger partial charge in [-0.2, -0.15) is 5.10 Å². The van der Waals surface area contributed by atoms with E-state index in [1.165, 1.54) is 0 Å². The Balaban J connectivity index is 1.80. The summed E-state index contributed by atoms with van der Waals surface area (Å²) in [4.78, 5) is 14.1. The van der Waals surface area contributed by atoms with Gasteiger partial charge < -0.3 is 10.1 Å². The first-order valence-electron chi connectivity index (χ1n) is 7.27. The highest BCUT2D eigenvalue weighted by Gasteiger charge is 2.33. The van der Waals surface area contributed by atoms with E-state index in [1.807, 2.05) is 6.92 Å². The molecule has 22 heavy (non-hydrogen) atoms. The van der Waals surface area contributed by atoms with Gasteiger partial charge in [0, 0.05) is 13.2 Å². The molecule has 2 aliphatic heterocycles. The minimum Gasteiger partial charge on any atom is -0.376 e. The molecule has 0 radical (unpaired) electrons. The lowest BCUT2D eigenvalue weighted by Gasteiger charge is -2.18. The molecule has 1 amide bonds. The van der Waals surface area contributed by atoms with E-state index >= 15 is 0 Å². The highest BCUT2D eigenvalue weighted by atomic mass is 35.5. The summed E-state index contributed by atoms with van der Waals surface area (Å²) in [5.41, 5.74) is 1.11. The second-order valence-electron chi connectivity index (χ2n) is 5.23. The fourth-order valence-corrected chi connectivity index (χ4v) is 3.10. The van der Waals surface area contributed by atoms with E-state index in [2.05, 4.69) is 10.4 Å². The van der Waals surface area contributed by atoms with E-state index < -0.39 is 0 Å². The second-order valence-corrected chi connectivity index (χ2v) is 6.03. The largest absolute Gasteiger partial charge is 0.376 e. The predicted molar refractivity (Wildman–Crippen MR) is 87.3 cm³/mol. The number of aromatic nitrogens is 2. The fourth-order valence-electron chi connectivity index (χ4n) is 2.63. The Hall–Kier alpha value is -1.44. The van der Waals surface area contributed by atoms with Crippen molar-refractivity contribution >= 4 is 40.9 Å². The number of hydrogen-bond donors (Lipinski definition) is 1. The van der Waals surface area contributed by atoms with Gasteiger partial charge >= 0.3 is 0 Å². The smallest absolute Gasteiger partial charge is 0.276 e. The number of nitrogens with zero attached hydrogens (tertiary/aromatic N) is 3. The molecule has 3 rings (SSSR count). The van der Waals surface area contributed by atoms with Gasteiger partial charge in [-0.05, 0) is 38.1 Å². The lowest BCUT2D eigenvalue weighted by molar-refractivity contribution is -0.123. The molecule has 2 aliphatic rings. The molecule has 1 N–H and O–H groups in total. The summed E-state index contributed by atoms with van der Waals surface area (Å²) < 4.78 is 7.30. The maximum absolute atomic E-state index is 12.5. The van der Waals surface area contributed by atoms with Gasteiger partial charge in [0.25, 0.3) is 5.91 Å². The first-order chi connectivity index (χ1) is 10.6. The molecule has 0 aromatic carbocycles. The molecule has 1 atom stereocenters. The van der Waals surface area contributed by atoms with Gasteiger partial charge in [0.05, 0.1) is 29.6 Å². The molecule has 8 heteroatoms. The highest BCUT2D eigenvalue weighted by Crippen LogP contribution is 2.22. The van der Waals surface area contributed by atoms with Crippen LogP contribution >= 0.6 is 23.8 Å². The summed E-state index contributed by atoms with van der Waals surface area (Å²) >= 11 is 11.4. The van der Waals surface area contributed by atoms with Crippen LogP contribution in [0.15, 0.2) is 11.9 Å². The summed E-state index contributed by atoms with van der Waals surface area (Å²) in [6.45, 7) is 3.87. The maximum atomic E-state index is 12.5. The van der Waals surface area contributed by atoms with Crippen molar-refractivity contribution < 1.29 is 9.53 Å². The molecule has 1 aromatic rings. The van der Waals surface area contributed by atoms with E-state index in [-0.39, 0.29) is 12.0 Å². The quantitative estimate of drug-likeness (QED) is 0.669. The van der Waals surface area contributed by atoms with Gasteiger partial charge in [-0.3, -0.25) is 14.4 Å². The van der Waals surface area contributed by atoms with Gasteiger partial charge in [0.15, 0.2) is 5.11 Å². The molecule has 1 unspecified atom stereocenters. The number of halogens is 1. The summed E-state index contributed by atoms with van der Waals surface area (Å²) in [7, 11) is 0. The zero-order valence-electron chi connectivity index (χ0n) is 12.2. The fraction of sp³-hybridized carbons (Fsp3) is 0.500. The first kappa shape index (κ1) is 15.5. The first-order valence-corrected chi connectivity index (χ1v) is 8.06. The molecule has 0 aliphatic carbocycles. The lowest BCUT2D eigenvalue weighted by atomic mass is 10.2. The third kappa shape index (κ3) is 2.88.